The highest BCUT2D eigenvalue weighted by Crippen LogP contribution is 2.33. The minimum Gasteiger partial charge on any atom is -0.481 e. The Bertz CT molecular complexity index is 564. The summed E-state index contributed by atoms with van der Waals surface area (Å²) in [5.74, 6) is 4.79. The first kappa shape index (κ1) is 25.4. The largest absolute Gasteiger partial charge is 0.481 e. The van der Waals surface area contributed by atoms with E-state index >= 15 is 0 Å². The van der Waals surface area contributed by atoms with Crippen LogP contribution in [0.15, 0.2) is 12.2 Å². The number of Topliss-reactive ketones (excluding diaryl/α,β-unsaturated/α-hetero) is 1. The first-order chi connectivity index (χ1) is 14.0. The Morgan fingerprint density at radius 2 is 1.97 bits per heavy atom. The van der Waals surface area contributed by atoms with Gasteiger partial charge in [-0.2, -0.15) is 0 Å². The van der Waals surface area contributed by atoms with Crippen molar-refractivity contribution in [3.05, 3.63) is 12.2 Å². The van der Waals surface area contributed by atoms with E-state index in [4.69, 9.17) is 19.6 Å². The summed E-state index contributed by atoms with van der Waals surface area (Å²) in [5.41, 5.74) is 0. The Labute approximate surface area is 174 Å². The normalized spacial score (nSPS) is 21.7. The number of carboxylic acid groups (broad SMARTS) is 1. The van der Waals surface area contributed by atoms with E-state index in [1.165, 1.54) is 12.8 Å². The van der Waals surface area contributed by atoms with Crippen molar-refractivity contribution in [2.24, 2.45) is 0 Å². The van der Waals surface area contributed by atoms with Gasteiger partial charge in [0, 0.05) is 32.8 Å². The number of hydrogen-bond donors (Lipinski definition) is 1. The molecule has 0 aromatic rings. The maximum atomic E-state index is 10.8. The molecule has 0 radical (unpaired) electrons. The highest BCUT2D eigenvalue weighted by atomic mass is 17.2. The van der Waals surface area contributed by atoms with Crippen LogP contribution in [0, 0.1) is 11.8 Å². The van der Waals surface area contributed by atoms with Gasteiger partial charge in [-0.05, 0) is 45.1 Å². The Morgan fingerprint density at radius 3 is 2.62 bits per heavy atom. The van der Waals surface area contributed by atoms with Gasteiger partial charge in [0.25, 0.3) is 0 Å². The molecule has 1 rings (SSSR count). The molecular weight excluding hydrogens is 372 g/mol. The Kier molecular flexibility index (Phi) is 13.3. The zero-order valence-electron chi connectivity index (χ0n) is 17.9. The number of carboxylic acids is 1. The van der Waals surface area contributed by atoms with Crippen molar-refractivity contribution in [1.29, 1.82) is 0 Å². The molecular formula is C23H36O6. The summed E-state index contributed by atoms with van der Waals surface area (Å²) in [5, 5.41) is 8.81. The van der Waals surface area contributed by atoms with Crippen LogP contribution in [0.25, 0.3) is 0 Å². The molecule has 0 aromatic heterocycles. The molecule has 0 saturated carbocycles. The summed E-state index contributed by atoms with van der Waals surface area (Å²) in [4.78, 5) is 32.2. The zero-order chi connectivity index (χ0) is 21.4. The fraction of sp³-hybridized carbons (Fsp3) is 0.739. The fourth-order valence-corrected chi connectivity index (χ4v) is 3.25. The Hall–Kier alpha value is -1.68. The van der Waals surface area contributed by atoms with Crippen LogP contribution >= 0.6 is 0 Å². The molecule has 29 heavy (non-hydrogen) atoms. The smallest absolute Gasteiger partial charge is 0.306 e. The van der Waals surface area contributed by atoms with Crippen LogP contribution in [0.3, 0.4) is 0 Å². The van der Waals surface area contributed by atoms with Crippen LogP contribution in [-0.4, -0.2) is 35.9 Å². The number of rotatable bonds is 14. The molecule has 1 aliphatic heterocycles. The first-order valence-corrected chi connectivity index (χ1v) is 10.7. The van der Waals surface area contributed by atoms with Crippen molar-refractivity contribution in [3.8, 4) is 11.8 Å². The third-order valence-corrected chi connectivity index (χ3v) is 5.02. The number of unbranched alkanes of at least 4 members (excludes halogenated alkanes) is 6. The minimum absolute atomic E-state index is 0.0581. The monoisotopic (exact) mass is 408 g/mol. The van der Waals surface area contributed by atoms with E-state index in [0.717, 1.165) is 38.5 Å². The summed E-state index contributed by atoms with van der Waals surface area (Å²) in [7, 11) is 1.58. The molecule has 6 nitrogen and oxygen atoms in total. The van der Waals surface area contributed by atoms with E-state index in [2.05, 4.69) is 17.9 Å². The molecule has 0 bridgehead atoms. The van der Waals surface area contributed by atoms with E-state index in [9.17, 15) is 9.59 Å². The summed E-state index contributed by atoms with van der Waals surface area (Å²) in [6, 6.07) is 0. The lowest BCUT2D eigenvalue weighted by atomic mass is 9.99. The third kappa shape index (κ3) is 12.5. The number of ketones is 1. The second-order valence-electron chi connectivity index (χ2n) is 7.64. The molecule has 164 valence electrons. The van der Waals surface area contributed by atoms with Crippen molar-refractivity contribution >= 4 is 11.8 Å². The van der Waals surface area contributed by atoms with Crippen molar-refractivity contribution < 1.29 is 29.2 Å². The second-order valence-corrected chi connectivity index (χ2v) is 7.64. The van der Waals surface area contributed by atoms with Gasteiger partial charge in [0.15, 0.2) is 0 Å². The van der Waals surface area contributed by atoms with Gasteiger partial charge in [-0.3, -0.25) is 4.79 Å². The van der Waals surface area contributed by atoms with Crippen LogP contribution in [0.1, 0.15) is 90.4 Å². The standard InChI is InChI=1S/C23H36O6/c1-20(24)15-13-11-9-7-5-3-4-6-8-10-12-14-17-23(27-2)18-16-21(28-29-23)19-22(25)26/h4,6,21H,3,5,7,9,11-19H2,1-2H3,(H,25,26). The van der Waals surface area contributed by atoms with Gasteiger partial charge in [-0.15, -0.1) is 0 Å². The zero-order valence-corrected chi connectivity index (χ0v) is 17.9. The quantitative estimate of drug-likeness (QED) is 0.248. The summed E-state index contributed by atoms with van der Waals surface area (Å²) in [6.07, 6.45) is 14.5. The molecule has 0 amide bonds. The number of ether oxygens (including phenoxy) is 1. The number of allylic oxidation sites excluding steroid dienone is 2. The van der Waals surface area contributed by atoms with E-state index in [1.807, 2.05) is 6.08 Å². The summed E-state index contributed by atoms with van der Waals surface area (Å²) < 4.78 is 5.48. The predicted octanol–water partition coefficient (Wildman–Crippen LogP) is 4.96. The molecule has 6 heteroatoms. The fourth-order valence-electron chi connectivity index (χ4n) is 3.25. The molecule has 1 fully saturated rings. The highest BCUT2D eigenvalue weighted by Gasteiger charge is 2.38. The Morgan fingerprint density at radius 1 is 1.21 bits per heavy atom. The third-order valence-electron chi connectivity index (χ3n) is 5.02. The number of carbonyl (C=O) groups excluding carboxylic acids is 1. The SMILES string of the molecule is COC1(CCCC#CC=CCCCCCCCC(C)=O)CCC(CC(=O)O)OO1. The van der Waals surface area contributed by atoms with Gasteiger partial charge in [0.2, 0.25) is 5.79 Å². The van der Waals surface area contributed by atoms with Gasteiger partial charge < -0.3 is 14.6 Å². The van der Waals surface area contributed by atoms with Crippen molar-refractivity contribution in [3.63, 3.8) is 0 Å². The molecule has 1 aliphatic rings. The van der Waals surface area contributed by atoms with E-state index in [1.54, 1.807) is 14.0 Å². The average Bonchev–Trinajstić information content (AvgIpc) is 2.69. The topological polar surface area (TPSA) is 82.1 Å². The van der Waals surface area contributed by atoms with Gasteiger partial charge in [0.1, 0.15) is 11.9 Å². The van der Waals surface area contributed by atoms with E-state index < -0.39 is 17.9 Å². The summed E-state index contributed by atoms with van der Waals surface area (Å²) >= 11 is 0. The molecule has 1 saturated heterocycles. The molecule has 2 unspecified atom stereocenters. The lowest BCUT2D eigenvalue weighted by molar-refractivity contribution is -0.466. The van der Waals surface area contributed by atoms with Gasteiger partial charge in [0.05, 0.1) is 6.42 Å². The van der Waals surface area contributed by atoms with Crippen LogP contribution in [-0.2, 0) is 24.1 Å². The van der Waals surface area contributed by atoms with Gasteiger partial charge >= 0.3 is 5.97 Å². The lowest BCUT2D eigenvalue weighted by Crippen LogP contribution is -2.42. The van der Waals surface area contributed by atoms with Gasteiger partial charge in [-0.1, -0.05) is 37.2 Å². The van der Waals surface area contributed by atoms with E-state index in [-0.39, 0.29) is 12.2 Å². The van der Waals surface area contributed by atoms with Crippen molar-refractivity contribution in [2.45, 2.75) is 102 Å². The number of carbonyl (C=O) groups is 2. The summed E-state index contributed by atoms with van der Waals surface area (Å²) in [6.45, 7) is 1.65. The second kappa shape index (κ2) is 15.2. The molecule has 0 spiro atoms. The average molecular weight is 409 g/mol. The lowest BCUT2D eigenvalue weighted by Gasteiger charge is -2.37. The Balaban J connectivity index is 2.08. The van der Waals surface area contributed by atoms with Crippen LogP contribution < -0.4 is 0 Å². The van der Waals surface area contributed by atoms with Crippen LogP contribution in [0.2, 0.25) is 0 Å². The predicted molar refractivity (Wildman–Crippen MR) is 111 cm³/mol. The van der Waals surface area contributed by atoms with Crippen molar-refractivity contribution in [2.75, 3.05) is 7.11 Å². The molecule has 0 aliphatic carbocycles. The highest BCUT2D eigenvalue weighted by molar-refractivity contribution is 5.75. The van der Waals surface area contributed by atoms with Crippen molar-refractivity contribution in [1.82, 2.24) is 0 Å². The molecule has 2 atom stereocenters. The maximum Gasteiger partial charge on any atom is 0.306 e. The molecule has 1 N–H and O–H groups in total. The molecule has 1 heterocycles. The van der Waals surface area contributed by atoms with Crippen LogP contribution in [0.5, 0.6) is 0 Å². The van der Waals surface area contributed by atoms with E-state index in [0.29, 0.717) is 25.7 Å². The van der Waals surface area contributed by atoms with Crippen LogP contribution in [0.4, 0.5) is 0 Å². The van der Waals surface area contributed by atoms with Gasteiger partial charge in [-0.25, -0.2) is 9.78 Å². The number of methoxy groups -OCH3 is 1. The molecule has 0 aromatic carbocycles. The first-order valence-electron chi connectivity index (χ1n) is 10.7. The number of aliphatic carboxylic acids is 1. The maximum absolute atomic E-state index is 10.8. The number of hydrogen-bond acceptors (Lipinski definition) is 5. The minimum atomic E-state index is -0.892.